The average molecular weight is 327 g/mol. The van der Waals surface area contributed by atoms with E-state index in [1.807, 2.05) is 18.8 Å². The summed E-state index contributed by atoms with van der Waals surface area (Å²) in [5.41, 5.74) is 0. The van der Waals surface area contributed by atoms with Gasteiger partial charge in [0.15, 0.2) is 5.96 Å². The first-order valence-corrected chi connectivity index (χ1v) is 9.81. The Labute approximate surface area is 138 Å². The van der Waals surface area contributed by atoms with Gasteiger partial charge in [-0.05, 0) is 38.4 Å². The fourth-order valence-electron chi connectivity index (χ4n) is 3.51. The lowest BCUT2D eigenvalue weighted by molar-refractivity contribution is 0.0782. The Hall–Kier alpha value is -0.460. The molecule has 2 N–H and O–H groups in total. The maximum atomic E-state index is 5.51. The van der Waals surface area contributed by atoms with Crippen molar-refractivity contribution in [2.45, 2.75) is 48.9 Å². The zero-order chi connectivity index (χ0) is 15.4. The molecule has 126 valence electrons. The number of likely N-dealkylation sites (tertiary alicyclic amines) is 1. The Kier molecular flexibility index (Phi) is 5.52. The number of ether oxygens (including phenoxy) is 1. The number of nitrogens with zero attached hydrogens (tertiary/aromatic N) is 2. The molecular formula is C16H30N4OS. The van der Waals surface area contributed by atoms with Gasteiger partial charge in [-0.2, -0.15) is 11.8 Å². The molecule has 0 aromatic rings. The Morgan fingerprint density at radius 3 is 2.73 bits per heavy atom. The molecule has 2 heterocycles. The maximum absolute atomic E-state index is 5.51. The molecule has 3 aliphatic rings. The summed E-state index contributed by atoms with van der Waals surface area (Å²) in [7, 11) is 1.87. The average Bonchev–Trinajstić information content (AvgIpc) is 3.32. The summed E-state index contributed by atoms with van der Waals surface area (Å²) in [5.74, 6) is 0.961. The molecule has 6 heteroatoms. The zero-order valence-corrected chi connectivity index (χ0v) is 14.8. The Balaban J connectivity index is 1.45. The van der Waals surface area contributed by atoms with Gasteiger partial charge >= 0.3 is 0 Å². The van der Waals surface area contributed by atoms with E-state index in [1.54, 1.807) is 0 Å². The molecule has 1 saturated carbocycles. The standard InChI is InChI=1S/C16H30N4OS/c1-17-15(18-12-16(22-2)6-9-21-10-7-16)19-13-5-8-20(11-13)14-3-4-14/h13-14H,3-12H2,1-2H3,(H2,17,18,19). The molecule has 22 heavy (non-hydrogen) atoms. The summed E-state index contributed by atoms with van der Waals surface area (Å²) in [6.07, 6.45) is 8.50. The lowest BCUT2D eigenvalue weighted by Gasteiger charge is -2.36. The van der Waals surface area contributed by atoms with Crippen LogP contribution in [0.4, 0.5) is 0 Å². The highest BCUT2D eigenvalue weighted by molar-refractivity contribution is 8.00. The smallest absolute Gasteiger partial charge is 0.191 e. The van der Waals surface area contributed by atoms with Crippen molar-refractivity contribution in [1.82, 2.24) is 15.5 Å². The third kappa shape index (κ3) is 4.09. The number of hydrogen-bond donors (Lipinski definition) is 2. The van der Waals surface area contributed by atoms with Crippen LogP contribution < -0.4 is 10.6 Å². The SMILES string of the molecule is CN=C(NCC1(SC)CCOCC1)NC1CCN(C2CC2)C1. The van der Waals surface area contributed by atoms with Crippen LogP contribution in [0, 0.1) is 0 Å². The summed E-state index contributed by atoms with van der Waals surface area (Å²) in [6, 6.07) is 1.43. The fourth-order valence-corrected chi connectivity index (χ4v) is 4.30. The monoisotopic (exact) mass is 326 g/mol. The van der Waals surface area contributed by atoms with Gasteiger partial charge in [0.2, 0.25) is 0 Å². The number of thioether (sulfide) groups is 1. The second-order valence-electron chi connectivity index (χ2n) is 6.78. The molecule has 2 saturated heterocycles. The topological polar surface area (TPSA) is 48.9 Å². The van der Waals surface area contributed by atoms with E-state index < -0.39 is 0 Å². The quantitative estimate of drug-likeness (QED) is 0.589. The van der Waals surface area contributed by atoms with E-state index in [1.165, 1.54) is 32.4 Å². The van der Waals surface area contributed by atoms with Crippen LogP contribution in [0.3, 0.4) is 0 Å². The minimum absolute atomic E-state index is 0.297. The predicted octanol–water partition coefficient (Wildman–Crippen LogP) is 1.30. The van der Waals surface area contributed by atoms with Crippen LogP contribution in [-0.4, -0.2) is 73.8 Å². The van der Waals surface area contributed by atoms with E-state index in [4.69, 9.17) is 4.74 Å². The van der Waals surface area contributed by atoms with Crippen molar-refractivity contribution in [3.8, 4) is 0 Å². The van der Waals surface area contributed by atoms with Crippen LogP contribution >= 0.6 is 11.8 Å². The molecule has 0 amide bonds. The van der Waals surface area contributed by atoms with Crippen molar-refractivity contribution in [1.29, 1.82) is 0 Å². The van der Waals surface area contributed by atoms with Gasteiger partial charge in [0.1, 0.15) is 0 Å². The van der Waals surface area contributed by atoms with Crippen LogP contribution in [-0.2, 0) is 4.74 Å². The molecule has 3 rings (SSSR count). The van der Waals surface area contributed by atoms with E-state index in [9.17, 15) is 0 Å². The maximum Gasteiger partial charge on any atom is 0.191 e. The molecule has 1 aliphatic carbocycles. The van der Waals surface area contributed by atoms with Gasteiger partial charge in [-0.25, -0.2) is 0 Å². The molecule has 1 atom stereocenters. The first kappa shape index (κ1) is 16.4. The number of guanidine groups is 1. The second-order valence-corrected chi connectivity index (χ2v) is 8.06. The summed E-state index contributed by atoms with van der Waals surface area (Å²) in [6.45, 7) is 5.15. The lowest BCUT2D eigenvalue weighted by atomic mass is 9.99. The lowest BCUT2D eigenvalue weighted by Crippen LogP contribution is -2.50. The molecule has 0 spiro atoms. The number of nitrogens with one attached hydrogen (secondary N) is 2. The van der Waals surface area contributed by atoms with Crippen molar-refractivity contribution in [2.24, 2.45) is 4.99 Å². The van der Waals surface area contributed by atoms with E-state index in [0.29, 0.717) is 10.8 Å². The van der Waals surface area contributed by atoms with Gasteiger partial charge in [0.25, 0.3) is 0 Å². The van der Waals surface area contributed by atoms with E-state index >= 15 is 0 Å². The van der Waals surface area contributed by atoms with Crippen LogP contribution in [0.2, 0.25) is 0 Å². The highest BCUT2D eigenvalue weighted by atomic mass is 32.2. The first-order valence-electron chi connectivity index (χ1n) is 8.59. The molecule has 0 radical (unpaired) electrons. The molecule has 0 aromatic carbocycles. The minimum atomic E-state index is 0.297. The first-order chi connectivity index (χ1) is 10.7. The van der Waals surface area contributed by atoms with Crippen molar-refractivity contribution in [3.05, 3.63) is 0 Å². The van der Waals surface area contributed by atoms with E-state index in [0.717, 1.165) is 44.6 Å². The van der Waals surface area contributed by atoms with Gasteiger partial charge in [-0.15, -0.1) is 0 Å². The number of hydrogen-bond acceptors (Lipinski definition) is 4. The highest BCUT2D eigenvalue weighted by Gasteiger charge is 2.35. The Bertz CT molecular complexity index is 394. The fraction of sp³-hybridized carbons (Fsp3) is 0.938. The molecular weight excluding hydrogens is 296 g/mol. The third-order valence-corrected chi connectivity index (χ3v) is 6.68. The predicted molar refractivity (Wildman–Crippen MR) is 93.8 cm³/mol. The molecule has 2 aliphatic heterocycles. The number of rotatable bonds is 5. The molecule has 5 nitrogen and oxygen atoms in total. The zero-order valence-electron chi connectivity index (χ0n) is 13.9. The summed E-state index contributed by atoms with van der Waals surface area (Å²) in [5, 5.41) is 7.18. The molecule has 1 unspecified atom stereocenters. The summed E-state index contributed by atoms with van der Waals surface area (Å²) in [4.78, 5) is 7.05. The molecule has 0 bridgehead atoms. The van der Waals surface area contributed by atoms with Crippen molar-refractivity contribution >= 4 is 17.7 Å². The molecule has 0 aromatic heterocycles. The Morgan fingerprint density at radius 2 is 2.09 bits per heavy atom. The van der Waals surface area contributed by atoms with Crippen molar-refractivity contribution in [3.63, 3.8) is 0 Å². The van der Waals surface area contributed by atoms with Crippen LogP contribution in [0.5, 0.6) is 0 Å². The van der Waals surface area contributed by atoms with Gasteiger partial charge in [0.05, 0.1) is 0 Å². The van der Waals surface area contributed by atoms with Crippen LogP contribution in [0.1, 0.15) is 32.1 Å². The van der Waals surface area contributed by atoms with Gasteiger partial charge in [-0.1, -0.05) is 0 Å². The van der Waals surface area contributed by atoms with Gasteiger partial charge < -0.3 is 15.4 Å². The van der Waals surface area contributed by atoms with Crippen LogP contribution in [0.25, 0.3) is 0 Å². The summed E-state index contributed by atoms with van der Waals surface area (Å²) >= 11 is 1.97. The van der Waals surface area contributed by atoms with Gasteiger partial charge in [-0.3, -0.25) is 9.89 Å². The molecule has 3 fully saturated rings. The van der Waals surface area contributed by atoms with E-state index in [2.05, 4.69) is 26.8 Å². The summed E-state index contributed by atoms with van der Waals surface area (Å²) < 4.78 is 5.81. The number of aliphatic imine (C=N–C) groups is 1. The normalized spacial score (nSPS) is 29.5. The largest absolute Gasteiger partial charge is 0.381 e. The highest BCUT2D eigenvalue weighted by Crippen LogP contribution is 2.33. The van der Waals surface area contributed by atoms with Crippen molar-refractivity contribution in [2.75, 3.05) is 46.2 Å². The van der Waals surface area contributed by atoms with Crippen LogP contribution in [0.15, 0.2) is 4.99 Å². The van der Waals surface area contributed by atoms with E-state index in [-0.39, 0.29) is 0 Å². The van der Waals surface area contributed by atoms with Crippen molar-refractivity contribution < 1.29 is 4.74 Å². The van der Waals surface area contributed by atoms with Gasteiger partial charge in [0, 0.05) is 56.7 Å². The third-order valence-electron chi connectivity index (χ3n) is 5.26. The second kappa shape index (κ2) is 7.41. The Morgan fingerprint density at radius 1 is 1.32 bits per heavy atom. The minimum Gasteiger partial charge on any atom is -0.381 e.